The van der Waals surface area contributed by atoms with E-state index in [1.54, 1.807) is 35.1 Å². The second kappa shape index (κ2) is 4.48. The van der Waals surface area contributed by atoms with E-state index in [1.807, 2.05) is 0 Å². The lowest BCUT2D eigenvalue weighted by Crippen LogP contribution is -1.96. The molecule has 1 heterocycles. The highest BCUT2D eigenvalue weighted by molar-refractivity contribution is 5.51. The fourth-order valence-corrected chi connectivity index (χ4v) is 1.26. The topological polar surface area (TPSA) is 64.3 Å². The molecule has 0 aliphatic rings. The Labute approximate surface area is 91.9 Å². The molecular formula is C11H10N2O3. The van der Waals surface area contributed by atoms with Gasteiger partial charge < -0.3 is 9.84 Å². The Kier molecular flexibility index (Phi) is 2.86. The van der Waals surface area contributed by atoms with Crippen molar-refractivity contribution in [3.63, 3.8) is 0 Å². The summed E-state index contributed by atoms with van der Waals surface area (Å²) in [4.78, 5) is 10.1. The highest BCUT2D eigenvalue weighted by Gasteiger charge is 2.01. The Balaban J connectivity index is 2.17. The van der Waals surface area contributed by atoms with Gasteiger partial charge in [-0.05, 0) is 24.3 Å². The molecule has 0 bridgehead atoms. The van der Waals surface area contributed by atoms with Crippen molar-refractivity contribution in [3.05, 3.63) is 36.7 Å². The number of aldehydes is 1. The zero-order valence-corrected chi connectivity index (χ0v) is 8.41. The molecule has 0 aliphatic carbocycles. The quantitative estimate of drug-likeness (QED) is 0.782. The Hall–Kier alpha value is -2.30. The minimum Gasteiger partial charge on any atom is -0.508 e. The van der Waals surface area contributed by atoms with Crippen LogP contribution in [-0.4, -0.2) is 27.8 Å². The molecule has 2 rings (SSSR count). The number of rotatable bonds is 4. The maximum Gasteiger partial charge on any atom is 0.158 e. The molecule has 0 atom stereocenters. The summed E-state index contributed by atoms with van der Waals surface area (Å²) in [5.74, 6) is 0.730. The second-order valence-corrected chi connectivity index (χ2v) is 3.11. The molecule has 5 heteroatoms. The van der Waals surface area contributed by atoms with E-state index in [1.165, 1.54) is 6.20 Å². The highest BCUT2D eigenvalue weighted by Crippen LogP contribution is 2.16. The van der Waals surface area contributed by atoms with Gasteiger partial charge in [0, 0.05) is 0 Å². The van der Waals surface area contributed by atoms with E-state index in [2.05, 4.69) is 5.10 Å². The van der Waals surface area contributed by atoms with Gasteiger partial charge in [-0.15, -0.1) is 0 Å². The van der Waals surface area contributed by atoms with Gasteiger partial charge in [0.1, 0.15) is 12.4 Å². The SMILES string of the molecule is O=CCOc1cnn(-c2ccc(O)cc2)c1. The first kappa shape index (κ1) is 10.2. The molecule has 0 saturated heterocycles. The lowest BCUT2D eigenvalue weighted by molar-refractivity contribution is -0.109. The van der Waals surface area contributed by atoms with Gasteiger partial charge in [-0.1, -0.05) is 0 Å². The van der Waals surface area contributed by atoms with Gasteiger partial charge in [0.2, 0.25) is 0 Å². The molecule has 1 N–H and O–H groups in total. The van der Waals surface area contributed by atoms with Crippen molar-refractivity contribution in [2.75, 3.05) is 6.61 Å². The van der Waals surface area contributed by atoms with Crippen LogP contribution in [0.1, 0.15) is 0 Å². The molecule has 0 saturated carbocycles. The van der Waals surface area contributed by atoms with Crippen LogP contribution in [0.3, 0.4) is 0 Å². The molecule has 0 fully saturated rings. The third-order valence-corrected chi connectivity index (χ3v) is 1.99. The Morgan fingerprint density at radius 1 is 1.38 bits per heavy atom. The summed E-state index contributed by atoms with van der Waals surface area (Å²) >= 11 is 0. The second-order valence-electron chi connectivity index (χ2n) is 3.11. The van der Waals surface area contributed by atoms with E-state index in [4.69, 9.17) is 9.84 Å². The molecule has 2 aromatic rings. The average molecular weight is 218 g/mol. The lowest BCUT2D eigenvalue weighted by atomic mass is 10.3. The minimum absolute atomic E-state index is 0.0151. The predicted molar refractivity (Wildman–Crippen MR) is 56.8 cm³/mol. The van der Waals surface area contributed by atoms with Gasteiger partial charge >= 0.3 is 0 Å². The smallest absolute Gasteiger partial charge is 0.158 e. The summed E-state index contributed by atoms with van der Waals surface area (Å²) in [6.45, 7) is 0.0151. The van der Waals surface area contributed by atoms with E-state index in [9.17, 15) is 4.79 Å². The average Bonchev–Trinajstić information content (AvgIpc) is 2.76. The lowest BCUT2D eigenvalue weighted by Gasteiger charge is -2.00. The number of aromatic hydroxyl groups is 1. The summed E-state index contributed by atoms with van der Waals surface area (Å²) in [7, 11) is 0. The molecule has 0 aliphatic heterocycles. The molecule has 0 spiro atoms. The first-order valence-electron chi connectivity index (χ1n) is 4.70. The highest BCUT2D eigenvalue weighted by atomic mass is 16.5. The fraction of sp³-hybridized carbons (Fsp3) is 0.0909. The molecule has 0 amide bonds. The predicted octanol–water partition coefficient (Wildman–Crippen LogP) is 1.16. The van der Waals surface area contributed by atoms with Crippen molar-refractivity contribution >= 4 is 6.29 Å². The molecular weight excluding hydrogens is 208 g/mol. The molecule has 82 valence electrons. The number of aromatic nitrogens is 2. The van der Waals surface area contributed by atoms with Gasteiger partial charge in [0.25, 0.3) is 0 Å². The Morgan fingerprint density at radius 2 is 2.12 bits per heavy atom. The molecule has 5 nitrogen and oxygen atoms in total. The third kappa shape index (κ3) is 2.20. The maximum absolute atomic E-state index is 10.1. The first-order valence-corrected chi connectivity index (χ1v) is 4.70. The Bertz CT molecular complexity index is 476. The van der Waals surface area contributed by atoms with Gasteiger partial charge in [0.15, 0.2) is 12.0 Å². The number of carbonyl (C=O) groups is 1. The van der Waals surface area contributed by atoms with Gasteiger partial charge in [0.05, 0.1) is 18.1 Å². The molecule has 16 heavy (non-hydrogen) atoms. The van der Waals surface area contributed by atoms with Crippen LogP contribution in [0.4, 0.5) is 0 Å². The fourth-order valence-electron chi connectivity index (χ4n) is 1.26. The number of nitrogens with zero attached hydrogens (tertiary/aromatic N) is 2. The van der Waals surface area contributed by atoms with Crippen LogP contribution in [0.25, 0.3) is 5.69 Å². The van der Waals surface area contributed by atoms with Crippen LogP contribution in [0.2, 0.25) is 0 Å². The number of benzene rings is 1. The van der Waals surface area contributed by atoms with E-state index >= 15 is 0 Å². The minimum atomic E-state index is 0.0151. The van der Waals surface area contributed by atoms with Crippen molar-refractivity contribution in [2.45, 2.75) is 0 Å². The molecule has 1 aromatic carbocycles. The van der Waals surface area contributed by atoms with Crippen molar-refractivity contribution in [1.82, 2.24) is 9.78 Å². The van der Waals surface area contributed by atoms with Crippen molar-refractivity contribution < 1.29 is 14.6 Å². The Morgan fingerprint density at radius 3 is 2.81 bits per heavy atom. The summed E-state index contributed by atoms with van der Waals surface area (Å²) < 4.78 is 6.68. The van der Waals surface area contributed by atoms with Crippen LogP contribution >= 0.6 is 0 Å². The van der Waals surface area contributed by atoms with Crippen molar-refractivity contribution in [3.8, 4) is 17.2 Å². The van der Waals surface area contributed by atoms with E-state index < -0.39 is 0 Å². The number of phenols is 1. The zero-order chi connectivity index (χ0) is 11.4. The number of hydrogen-bond acceptors (Lipinski definition) is 4. The number of ether oxygens (including phenoxy) is 1. The summed E-state index contributed by atoms with van der Waals surface area (Å²) in [6.07, 6.45) is 3.87. The van der Waals surface area contributed by atoms with Crippen LogP contribution in [0, 0.1) is 0 Å². The molecule has 1 aromatic heterocycles. The van der Waals surface area contributed by atoms with Crippen LogP contribution in [0.15, 0.2) is 36.7 Å². The molecule has 0 radical (unpaired) electrons. The van der Waals surface area contributed by atoms with Gasteiger partial charge in [-0.25, -0.2) is 4.68 Å². The van der Waals surface area contributed by atoms with Crippen LogP contribution in [0.5, 0.6) is 11.5 Å². The maximum atomic E-state index is 10.1. The number of carbonyl (C=O) groups excluding carboxylic acids is 1. The number of phenolic OH excluding ortho intramolecular Hbond substituents is 1. The third-order valence-electron chi connectivity index (χ3n) is 1.99. The zero-order valence-electron chi connectivity index (χ0n) is 8.41. The van der Waals surface area contributed by atoms with Crippen molar-refractivity contribution in [2.24, 2.45) is 0 Å². The normalized spacial score (nSPS) is 10.0. The van der Waals surface area contributed by atoms with E-state index in [-0.39, 0.29) is 12.4 Å². The molecule has 0 unspecified atom stereocenters. The summed E-state index contributed by atoms with van der Waals surface area (Å²) in [6, 6.07) is 6.60. The van der Waals surface area contributed by atoms with E-state index in [0.717, 1.165) is 5.69 Å². The largest absolute Gasteiger partial charge is 0.508 e. The monoisotopic (exact) mass is 218 g/mol. The summed E-state index contributed by atoms with van der Waals surface area (Å²) in [5, 5.41) is 13.2. The van der Waals surface area contributed by atoms with Gasteiger partial charge in [-0.3, -0.25) is 4.79 Å². The summed E-state index contributed by atoms with van der Waals surface area (Å²) in [5.41, 5.74) is 0.804. The van der Waals surface area contributed by atoms with E-state index in [0.29, 0.717) is 12.0 Å². The van der Waals surface area contributed by atoms with Gasteiger partial charge in [-0.2, -0.15) is 5.10 Å². The first-order chi connectivity index (χ1) is 7.79. The van der Waals surface area contributed by atoms with Crippen molar-refractivity contribution in [1.29, 1.82) is 0 Å². The van der Waals surface area contributed by atoms with Crippen LogP contribution < -0.4 is 4.74 Å². The number of hydrogen-bond donors (Lipinski definition) is 1. The standard InChI is InChI=1S/C11H10N2O3/c14-5-6-16-11-7-12-13(8-11)9-1-3-10(15)4-2-9/h1-5,7-8,15H,6H2. The van der Waals surface area contributed by atoms with Crippen LogP contribution in [-0.2, 0) is 4.79 Å².